The minimum Gasteiger partial charge on any atom is -0.489 e. The number of nitrogens with zero attached hydrogens (tertiary/aromatic N) is 2. The number of halogens is 1. The summed E-state index contributed by atoms with van der Waals surface area (Å²) in [7, 11) is 0. The molecule has 0 saturated carbocycles. The highest BCUT2D eigenvalue weighted by molar-refractivity contribution is 6.33. The number of ether oxygens (including phenoxy) is 1. The highest BCUT2D eigenvalue weighted by Gasteiger charge is 2.22. The maximum absolute atomic E-state index is 12.3. The molecule has 0 saturated heterocycles. The smallest absolute Gasteiger partial charge is 0.255 e. The van der Waals surface area contributed by atoms with Crippen LogP contribution in [-0.4, -0.2) is 28.8 Å². The van der Waals surface area contributed by atoms with Crippen molar-refractivity contribution in [3.05, 3.63) is 76.1 Å². The molecule has 1 N–H and O–H groups in total. The fourth-order valence-corrected chi connectivity index (χ4v) is 3.37. The second-order valence-corrected chi connectivity index (χ2v) is 6.63. The normalized spacial score (nSPS) is 13.5. The topological polar surface area (TPSA) is 56.1 Å². The molecule has 26 heavy (non-hydrogen) atoms. The summed E-state index contributed by atoms with van der Waals surface area (Å²) in [6.07, 6.45) is 4.34. The number of aromatic nitrogens is 2. The maximum Gasteiger partial charge on any atom is 0.255 e. The van der Waals surface area contributed by atoms with Crippen LogP contribution >= 0.6 is 11.6 Å². The summed E-state index contributed by atoms with van der Waals surface area (Å²) in [5.74, 6) is 0.339. The molecular formula is C20H18ClN3O2. The van der Waals surface area contributed by atoms with Crippen LogP contribution in [0.1, 0.15) is 27.0 Å². The van der Waals surface area contributed by atoms with Crippen molar-refractivity contribution in [2.45, 2.75) is 13.3 Å². The molecule has 0 fully saturated rings. The number of fused-ring (bicyclic) bond motifs is 1. The van der Waals surface area contributed by atoms with Crippen LogP contribution in [0.3, 0.4) is 0 Å². The minimum absolute atomic E-state index is 0.144. The number of carbonyl (C=O) groups is 1. The van der Waals surface area contributed by atoms with Crippen molar-refractivity contribution >= 4 is 17.5 Å². The van der Waals surface area contributed by atoms with Gasteiger partial charge >= 0.3 is 0 Å². The lowest BCUT2D eigenvalue weighted by Gasteiger charge is -2.15. The van der Waals surface area contributed by atoms with Crippen LogP contribution in [-0.2, 0) is 6.42 Å². The molecule has 2 heterocycles. The molecule has 5 nitrogen and oxygen atoms in total. The Morgan fingerprint density at radius 3 is 2.85 bits per heavy atom. The van der Waals surface area contributed by atoms with Gasteiger partial charge in [0.25, 0.3) is 5.91 Å². The number of amides is 1. The van der Waals surface area contributed by atoms with Gasteiger partial charge in [-0.05, 0) is 54.3 Å². The zero-order valence-electron chi connectivity index (χ0n) is 14.3. The summed E-state index contributed by atoms with van der Waals surface area (Å²) >= 11 is 6.50. The molecule has 0 spiro atoms. The number of benzene rings is 2. The van der Waals surface area contributed by atoms with Gasteiger partial charge in [-0.3, -0.25) is 4.79 Å². The van der Waals surface area contributed by atoms with Crippen LogP contribution in [0.25, 0.3) is 5.69 Å². The Bertz CT molecular complexity index is 950. The molecule has 0 aliphatic carbocycles. The van der Waals surface area contributed by atoms with Crippen molar-refractivity contribution in [1.82, 2.24) is 15.1 Å². The summed E-state index contributed by atoms with van der Waals surface area (Å²) in [6.45, 7) is 2.86. The predicted molar refractivity (Wildman–Crippen MR) is 100 cm³/mol. The van der Waals surface area contributed by atoms with E-state index < -0.39 is 0 Å². The highest BCUT2D eigenvalue weighted by Crippen LogP contribution is 2.36. The molecule has 0 radical (unpaired) electrons. The fraction of sp³-hybridized carbons (Fsp3) is 0.200. The van der Waals surface area contributed by atoms with Gasteiger partial charge in [0.2, 0.25) is 0 Å². The molecule has 1 amide bonds. The lowest BCUT2D eigenvalue weighted by Crippen LogP contribution is -2.24. The van der Waals surface area contributed by atoms with Gasteiger partial charge in [-0.25, -0.2) is 4.68 Å². The van der Waals surface area contributed by atoms with E-state index in [0.29, 0.717) is 35.9 Å². The summed E-state index contributed by atoms with van der Waals surface area (Å²) in [4.78, 5) is 12.3. The largest absolute Gasteiger partial charge is 0.489 e. The lowest BCUT2D eigenvalue weighted by molar-refractivity contribution is 0.0957. The van der Waals surface area contributed by atoms with Gasteiger partial charge in [-0.2, -0.15) is 5.10 Å². The van der Waals surface area contributed by atoms with Crippen molar-refractivity contribution in [3.63, 3.8) is 0 Å². The third-order valence-electron chi connectivity index (χ3n) is 4.55. The maximum atomic E-state index is 12.3. The fourth-order valence-electron chi connectivity index (χ4n) is 3.09. The van der Waals surface area contributed by atoms with Gasteiger partial charge < -0.3 is 10.1 Å². The first-order valence-corrected chi connectivity index (χ1v) is 8.83. The molecule has 0 bridgehead atoms. The average molecular weight is 368 g/mol. The summed E-state index contributed by atoms with van der Waals surface area (Å²) in [5, 5.41) is 7.58. The Balaban J connectivity index is 1.66. The van der Waals surface area contributed by atoms with Crippen LogP contribution < -0.4 is 10.1 Å². The SMILES string of the molecule is Cc1c(Cc2ccc(-n3cccn3)cc2)cc2c(c1Cl)OCCNC2=O. The number of rotatable bonds is 3. The van der Waals surface area contributed by atoms with Crippen LogP contribution in [0.5, 0.6) is 5.75 Å². The van der Waals surface area contributed by atoms with E-state index in [4.69, 9.17) is 16.3 Å². The van der Waals surface area contributed by atoms with E-state index in [-0.39, 0.29) is 5.91 Å². The first kappa shape index (κ1) is 16.7. The second-order valence-electron chi connectivity index (χ2n) is 6.25. The first-order valence-electron chi connectivity index (χ1n) is 8.45. The van der Waals surface area contributed by atoms with Gasteiger partial charge in [0, 0.05) is 12.4 Å². The Kier molecular flexibility index (Phi) is 4.39. The minimum atomic E-state index is -0.144. The third-order valence-corrected chi connectivity index (χ3v) is 5.01. The summed E-state index contributed by atoms with van der Waals surface area (Å²) < 4.78 is 7.48. The predicted octanol–water partition coefficient (Wildman–Crippen LogP) is 3.55. The van der Waals surface area contributed by atoms with Gasteiger partial charge in [0.1, 0.15) is 6.61 Å². The highest BCUT2D eigenvalue weighted by atomic mass is 35.5. The van der Waals surface area contributed by atoms with E-state index in [0.717, 1.165) is 22.4 Å². The van der Waals surface area contributed by atoms with Gasteiger partial charge in [-0.15, -0.1) is 0 Å². The third kappa shape index (κ3) is 3.06. The van der Waals surface area contributed by atoms with Crippen LogP contribution in [0.4, 0.5) is 0 Å². The standard InChI is InChI=1S/C20H18ClN3O2/c1-13-15(12-17-19(18(13)21)26-10-8-22-20(17)25)11-14-3-5-16(6-4-14)24-9-2-7-23-24/h2-7,9,12H,8,10-11H2,1H3,(H,22,25). The van der Waals surface area contributed by atoms with E-state index in [2.05, 4.69) is 22.5 Å². The van der Waals surface area contributed by atoms with Crippen molar-refractivity contribution in [2.75, 3.05) is 13.2 Å². The molecule has 1 aliphatic rings. The Morgan fingerprint density at radius 2 is 2.12 bits per heavy atom. The molecule has 4 rings (SSSR count). The van der Waals surface area contributed by atoms with E-state index >= 15 is 0 Å². The molecule has 6 heteroatoms. The zero-order chi connectivity index (χ0) is 18.1. The quantitative estimate of drug-likeness (QED) is 0.770. The van der Waals surface area contributed by atoms with E-state index in [9.17, 15) is 4.79 Å². The second kappa shape index (κ2) is 6.84. The number of carbonyl (C=O) groups excluding carboxylic acids is 1. The molecule has 2 aromatic carbocycles. The van der Waals surface area contributed by atoms with E-state index in [1.165, 1.54) is 0 Å². The number of nitrogens with one attached hydrogen (secondary N) is 1. The van der Waals surface area contributed by atoms with Gasteiger partial charge in [0.05, 0.1) is 22.8 Å². The molecule has 0 unspecified atom stereocenters. The molecule has 3 aromatic rings. The summed E-state index contributed by atoms with van der Waals surface area (Å²) in [6, 6.07) is 12.0. The number of hydrogen-bond acceptors (Lipinski definition) is 3. The summed E-state index contributed by atoms with van der Waals surface area (Å²) in [5.41, 5.74) is 4.59. The molecular weight excluding hydrogens is 350 g/mol. The van der Waals surface area contributed by atoms with Gasteiger partial charge in [0.15, 0.2) is 5.75 Å². The monoisotopic (exact) mass is 367 g/mol. The Hall–Kier alpha value is -2.79. The van der Waals surface area contributed by atoms with E-state index in [1.807, 2.05) is 42.1 Å². The van der Waals surface area contributed by atoms with E-state index in [1.54, 1.807) is 6.20 Å². The van der Waals surface area contributed by atoms with Crippen molar-refractivity contribution in [3.8, 4) is 11.4 Å². The molecule has 1 aromatic heterocycles. The van der Waals surface area contributed by atoms with Crippen molar-refractivity contribution in [1.29, 1.82) is 0 Å². The van der Waals surface area contributed by atoms with Crippen LogP contribution in [0.15, 0.2) is 48.8 Å². The van der Waals surface area contributed by atoms with Crippen LogP contribution in [0.2, 0.25) is 5.02 Å². The first-order chi connectivity index (χ1) is 12.6. The average Bonchev–Trinajstić information content (AvgIpc) is 3.12. The molecule has 132 valence electrons. The zero-order valence-corrected chi connectivity index (χ0v) is 15.1. The molecule has 0 atom stereocenters. The van der Waals surface area contributed by atoms with Crippen LogP contribution in [0, 0.1) is 6.92 Å². The lowest BCUT2D eigenvalue weighted by atomic mass is 9.97. The van der Waals surface area contributed by atoms with Crippen molar-refractivity contribution in [2.24, 2.45) is 0 Å². The Morgan fingerprint density at radius 1 is 1.31 bits per heavy atom. The van der Waals surface area contributed by atoms with Gasteiger partial charge in [-0.1, -0.05) is 23.7 Å². The Labute approximate surface area is 156 Å². The number of hydrogen-bond donors (Lipinski definition) is 1. The van der Waals surface area contributed by atoms with Crippen molar-refractivity contribution < 1.29 is 9.53 Å². The molecule has 1 aliphatic heterocycles.